The first-order chi connectivity index (χ1) is 19.8. The first-order valence-electron chi connectivity index (χ1n) is 16.7. The van der Waals surface area contributed by atoms with Gasteiger partial charge in [0, 0.05) is 6.42 Å². The lowest BCUT2D eigenvalue weighted by atomic mass is 9.99. The molecular formula is C32H63NO8. The van der Waals surface area contributed by atoms with Crippen molar-refractivity contribution in [2.24, 2.45) is 0 Å². The summed E-state index contributed by atoms with van der Waals surface area (Å²) < 4.78 is 11.0. The molecule has 9 nitrogen and oxygen atoms in total. The number of carbonyl (C=O) groups is 1. The number of unbranched alkanes of at least 4 members (excludes halogenated alkanes) is 17. The first-order valence-corrected chi connectivity index (χ1v) is 16.7. The number of hydrogen-bond donors (Lipinski definition) is 6. The monoisotopic (exact) mass is 589 g/mol. The van der Waals surface area contributed by atoms with Crippen molar-refractivity contribution in [3.8, 4) is 0 Å². The fourth-order valence-electron chi connectivity index (χ4n) is 5.42. The summed E-state index contributed by atoms with van der Waals surface area (Å²) in [5.41, 5.74) is 0. The number of amides is 1. The Morgan fingerprint density at radius 1 is 0.732 bits per heavy atom. The summed E-state index contributed by atoms with van der Waals surface area (Å²) in [5, 5.41) is 52.9. The van der Waals surface area contributed by atoms with Crippen molar-refractivity contribution in [3.05, 3.63) is 0 Å². The average Bonchev–Trinajstić information content (AvgIpc) is 2.97. The van der Waals surface area contributed by atoms with Gasteiger partial charge in [0.25, 0.3) is 0 Å². The second kappa shape index (κ2) is 24.6. The fraction of sp³-hybridized carbons (Fsp3) is 0.969. The quantitative estimate of drug-likeness (QED) is 0.0809. The van der Waals surface area contributed by atoms with Gasteiger partial charge in [-0.25, -0.2) is 0 Å². The van der Waals surface area contributed by atoms with Crippen molar-refractivity contribution < 1.29 is 39.8 Å². The number of ether oxygens (including phenoxy) is 2. The van der Waals surface area contributed by atoms with Crippen LogP contribution in [0.1, 0.15) is 142 Å². The maximum Gasteiger partial charge on any atom is 0.220 e. The van der Waals surface area contributed by atoms with Gasteiger partial charge in [-0.15, -0.1) is 0 Å². The molecule has 7 unspecified atom stereocenters. The molecular weight excluding hydrogens is 526 g/mol. The SMILES string of the molecule is CCCCCCCCCCCCCCCCCCCCC(O)C(COC1OC(CO)C(O)C(O)C1O)NC(=O)CC. The van der Waals surface area contributed by atoms with E-state index in [4.69, 9.17) is 9.47 Å². The molecule has 0 bridgehead atoms. The molecule has 1 heterocycles. The largest absolute Gasteiger partial charge is 0.394 e. The Kier molecular flexibility index (Phi) is 22.9. The molecule has 0 aromatic rings. The molecule has 0 spiro atoms. The number of carbonyl (C=O) groups excluding carboxylic acids is 1. The highest BCUT2D eigenvalue weighted by atomic mass is 16.7. The van der Waals surface area contributed by atoms with Crippen LogP contribution in [-0.4, -0.2) is 87.5 Å². The molecule has 1 amide bonds. The first kappa shape index (κ1) is 38.2. The molecule has 1 rings (SSSR count). The van der Waals surface area contributed by atoms with Gasteiger partial charge in [-0.1, -0.05) is 129 Å². The molecule has 0 saturated carbocycles. The Balaban J connectivity index is 2.14. The van der Waals surface area contributed by atoms with Gasteiger partial charge in [-0.05, 0) is 6.42 Å². The Morgan fingerprint density at radius 3 is 1.63 bits per heavy atom. The molecule has 0 aromatic heterocycles. The van der Waals surface area contributed by atoms with Crippen LogP contribution in [0.15, 0.2) is 0 Å². The summed E-state index contributed by atoms with van der Waals surface area (Å²) in [5.74, 6) is -0.232. The van der Waals surface area contributed by atoms with Crippen LogP contribution in [0.4, 0.5) is 0 Å². The molecule has 6 N–H and O–H groups in total. The standard InChI is InChI=1S/C32H63NO8/c1-3-5-6-7-8-9-10-11-12-13-14-15-16-17-18-19-20-21-22-26(35)25(33-28(36)4-2)24-40-32-31(39)30(38)29(37)27(23-34)41-32/h25-27,29-32,34-35,37-39H,3-24H2,1-2H3,(H,33,36). The van der Waals surface area contributed by atoms with Crippen LogP contribution in [0.2, 0.25) is 0 Å². The number of aliphatic hydroxyl groups is 5. The second-order valence-corrected chi connectivity index (χ2v) is 11.9. The van der Waals surface area contributed by atoms with Crippen LogP contribution < -0.4 is 5.32 Å². The topological polar surface area (TPSA) is 149 Å². The van der Waals surface area contributed by atoms with Crippen LogP contribution >= 0.6 is 0 Å². The van der Waals surface area contributed by atoms with E-state index < -0.39 is 49.5 Å². The number of nitrogens with one attached hydrogen (secondary N) is 1. The summed E-state index contributed by atoms with van der Waals surface area (Å²) in [6.45, 7) is 3.29. The van der Waals surface area contributed by atoms with E-state index in [0.717, 1.165) is 19.3 Å². The molecule has 244 valence electrons. The summed E-state index contributed by atoms with van der Waals surface area (Å²) >= 11 is 0. The predicted octanol–water partition coefficient (Wildman–Crippen LogP) is 4.49. The minimum absolute atomic E-state index is 0.144. The number of aliphatic hydroxyl groups excluding tert-OH is 5. The number of hydrogen-bond acceptors (Lipinski definition) is 8. The van der Waals surface area contributed by atoms with E-state index >= 15 is 0 Å². The lowest BCUT2D eigenvalue weighted by Crippen LogP contribution is -2.60. The molecule has 1 fully saturated rings. The van der Waals surface area contributed by atoms with Crippen LogP contribution in [0.5, 0.6) is 0 Å². The van der Waals surface area contributed by atoms with E-state index in [1.807, 2.05) is 0 Å². The maximum absolute atomic E-state index is 12.0. The summed E-state index contributed by atoms with van der Waals surface area (Å²) in [7, 11) is 0. The van der Waals surface area contributed by atoms with Crippen molar-refractivity contribution in [1.82, 2.24) is 5.32 Å². The normalized spacial score (nSPS) is 24.3. The molecule has 41 heavy (non-hydrogen) atoms. The molecule has 1 aliphatic rings. The molecule has 9 heteroatoms. The molecule has 1 saturated heterocycles. The molecule has 7 atom stereocenters. The van der Waals surface area contributed by atoms with Crippen LogP contribution in [0.25, 0.3) is 0 Å². The fourth-order valence-corrected chi connectivity index (χ4v) is 5.42. The third kappa shape index (κ3) is 17.2. The van der Waals surface area contributed by atoms with E-state index in [0.29, 0.717) is 6.42 Å². The van der Waals surface area contributed by atoms with Crippen molar-refractivity contribution in [3.63, 3.8) is 0 Å². The van der Waals surface area contributed by atoms with E-state index in [9.17, 15) is 30.3 Å². The predicted molar refractivity (Wildman–Crippen MR) is 161 cm³/mol. The highest BCUT2D eigenvalue weighted by molar-refractivity contribution is 5.75. The Hall–Kier alpha value is -0.810. The lowest BCUT2D eigenvalue weighted by molar-refractivity contribution is -0.302. The summed E-state index contributed by atoms with van der Waals surface area (Å²) in [6.07, 6.45) is 16.3. The van der Waals surface area contributed by atoms with Gasteiger partial charge in [0.1, 0.15) is 24.4 Å². The zero-order valence-electron chi connectivity index (χ0n) is 26.1. The Labute approximate surface area is 249 Å². The van der Waals surface area contributed by atoms with Gasteiger partial charge in [-0.2, -0.15) is 0 Å². The van der Waals surface area contributed by atoms with Crippen molar-refractivity contribution in [1.29, 1.82) is 0 Å². The second-order valence-electron chi connectivity index (χ2n) is 11.9. The van der Waals surface area contributed by atoms with Crippen LogP contribution in [-0.2, 0) is 14.3 Å². The minimum Gasteiger partial charge on any atom is -0.394 e. The Bertz CT molecular complexity index is 623. The van der Waals surface area contributed by atoms with E-state index in [1.54, 1.807) is 6.92 Å². The zero-order valence-corrected chi connectivity index (χ0v) is 26.1. The summed E-state index contributed by atoms with van der Waals surface area (Å²) in [6, 6.07) is -0.708. The van der Waals surface area contributed by atoms with Crippen molar-refractivity contribution >= 4 is 5.91 Å². The van der Waals surface area contributed by atoms with Gasteiger partial charge in [0.2, 0.25) is 5.91 Å². The summed E-state index contributed by atoms with van der Waals surface area (Å²) in [4.78, 5) is 12.0. The van der Waals surface area contributed by atoms with Gasteiger partial charge in [0.05, 0.1) is 25.4 Å². The van der Waals surface area contributed by atoms with E-state index in [-0.39, 0.29) is 18.9 Å². The molecule has 1 aliphatic heterocycles. The molecule has 0 aliphatic carbocycles. The van der Waals surface area contributed by atoms with Crippen LogP contribution in [0, 0.1) is 0 Å². The van der Waals surface area contributed by atoms with Gasteiger partial charge >= 0.3 is 0 Å². The minimum atomic E-state index is -1.54. The van der Waals surface area contributed by atoms with Crippen LogP contribution in [0.3, 0.4) is 0 Å². The molecule has 0 radical (unpaired) electrons. The van der Waals surface area contributed by atoms with Gasteiger partial charge in [-0.3, -0.25) is 4.79 Å². The molecule has 0 aromatic carbocycles. The van der Waals surface area contributed by atoms with Crippen molar-refractivity contribution in [2.45, 2.75) is 185 Å². The van der Waals surface area contributed by atoms with Gasteiger partial charge in [0.15, 0.2) is 6.29 Å². The highest BCUT2D eigenvalue weighted by Crippen LogP contribution is 2.23. The average molecular weight is 590 g/mol. The third-order valence-corrected chi connectivity index (χ3v) is 8.27. The smallest absolute Gasteiger partial charge is 0.220 e. The third-order valence-electron chi connectivity index (χ3n) is 8.27. The lowest BCUT2D eigenvalue weighted by Gasteiger charge is -2.40. The van der Waals surface area contributed by atoms with E-state index in [1.165, 1.54) is 96.3 Å². The van der Waals surface area contributed by atoms with Gasteiger partial charge < -0.3 is 40.3 Å². The Morgan fingerprint density at radius 2 is 1.20 bits per heavy atom. The van der Waals surface area contributed by atoms with E-state index in [2.05, 4.69) is 12.2 Å². The number of rotatable bonds is 26. The highest BCUT2D eigenvalue weighted by Gasteiger charge is 2.44. The zero-order chi connectivity index (χ0) is 30.3. The van der Waals surface area contributed by atoms with Crippen molar-refractivity contribution in [2.75, 3.05) is 13.2 Å². The maximum atomic E-state index is 12.0.